The van der Waals surface area contributed by atoms with Crippen LogP contribution in [0.3, 0.4) is 0 Å². The van der Waals surface area contributed by atoms with E-state index < -0.39 is 0 Å². The first-order valence-corrected chi connectivity index (χ1v) is 31.5. The minimum Gasteiger partial charge on any atom is -0.492 e. The number of rotatable bonds is 11. The van der Waals surface area contributed by atoms with Crippen molar-refractivity contribution < 1.29 is 33.0 Å². The zero-order chi connectivity index (χ0) is 58.4. The highest BCUT2D eigenvalue weighted by molar-refractivity contribution is 8.00. The van der Waals surface area contributed by atoms with Crippen LogP contribution in [0, 0.1) is 0 Å². The molecule has 7 aromatic rings. The van der Waals surface area contributed by atoms with Crippen LogP contribution in [0.15, 0.2) is 143 Å². The molecule has 0 unspecified atom stereocenters. The highest BCUT2D eigenvalue weighted by Gasteiger charge is 2.47. The lowest BCUT2D eigenvalue weighted by Gasteiger charge is -2.38. The number of thiophene rings is 1. The third-order valence-electron chi connectivity index (χ3n) is 18.3. The van der Waals surface area contributed by atoms with Crippen LogP contribution in [0.1, 0.15) is 116 Å². The molecule has 7 N–H and O–H groups in total. The summed E-state index contributed by atoms with van der Waals surface area (Å²) in [7, 11) is 0. The number of thioether (sulfide) groups is 1. The second-order valence-corrected chi connectivity index (χ2v) is 25.5. The van der Waals surface area contributed by atoms with Crippen molar-refractivity contribution >= 4 is 59.0 Å². The second kappa shape index (κ2) is 25.5. The number of H-pyrrole nitrogens is 1. The van der Waals surface area contributed by atoms with Crippen LogP contribution >= 0.6 is 23.1 Å². The van der Waals surface area contributed by atoms with Crippen molar-refractivity contribution in [3.63, 3.8) is 0 Å². The number of hydrogen-bond acceptors (Lipinski definition) is 13. The minimum absolute atomic E-state index is 0.00556. The normalized spacial score (nSPS) is 18.2. The molecule has 17 heteroatoms. The molecule has 0 bridgehead atoms. The smallest absolute Gasteiger partial charge is 0.264 e. The summed E-state index contributed by atoms with van der Waals surface area (Å²) in [6.45, 7) is 8.18. The third kappa shape index (κ3) is 12.3. The van der Waals surface area contributed by atoms with Gasteiger partial charge < -0.3 is 55.5 Å². The SMILES string of the molecule is NCc1ccc2c(c1)C1(CCN(C(=O)/C=C\c3ccco3)CC1)CO2.NCc1ccc2c(c1)C1(CCN(C(=O)/C=C\c3cnc[nH]3)CC1)CO2.NCc1ccc2c(c1)C1(CCN(C(=O)c3sc(SCc4ccccc4)c4c3CCC=C4)CC1)CO2. The maximum atomic E-state index is 13.8. The van der Waals surface area contributed by atoms with Gasteiger partial charge in [-0.3, -0.25) is 14.4 Å². The second-order valence-electron chi connectivity index (χ2n) is 23.3. The van der Waals surface area contributed by atoms with Crippen LogP contribution in [0.5, 0.6) is 17.2 Å². The van der Waals surface area contributed by atoms with E-state index in [2.05, 4.69) is 87.7 Å². The largest absolute Gasteiger partial charge is 0.492 e. The van der Waals surface area contributed by atoms with E-state index in [1.165, 1.54) is 37.6 Å². The van der Waals surface area contributed by atoms with E-state index in [4.69, 9.17) is 35.8 Å². The molecule has 0 atom stereocenters. The standard InChI is InChI=1S/C29H30N2O2S2.C20H22N2O3.C19H22N4O2/c30-17-21-10-11-25-24(16-21)29(19-33-25)12-14-31(15-13-29)27(32)26-22-8-4-5-9-23(22)28(35-26)34-18-20-6-2-1-3-7-20;21-13-15-3-5-18-17(12-15)20(14-25-18)7-9-22(10-8-20)19(23)6-4-16-2-1-11-24-16;20-10-14-1-3-17-16(9-14)19(12-25-17)5-7-23(8-6-19)18(24)4-2-15-11-21-13-22-15/h1-3,5-7,9-11,16H,4,8,12-15,17-19,30H2;1-6,11-12H,7-10,13-14,21H2;1-4,9,11,13H,5-8,10,12,20H2,(H,21,22)/b;6-4-;4-2-. The molecule has 0 saturated carbocycles. The van der Waals surface area contributed by atoms with Crippen molar-refractivity contribution in [2.45, 2.75) is 97.2 Å². The summed E-state index contributed by atoms with van der Waals surface area (Å²) in [6.07, 6.45) is 23.5. The number of fused-ring (bicyclic) bond motifs is 7. The average Bonchev–Trinajstić information content (AvgIpc) is 2.93. The maximum Gasteiger partial charge on any atom is 0.264 e. The number of aromatic amines is 1. The molecule has 85 heavy (non-hydrogen) atoms. The topological polar surface area (TPSA) is 208 Å². The maximum absolute atomic E-state index is 13.8. The summed E-state index contributed by atoms with van der Waals surface area (Å²) in [5.74, 6) is 4.81. The van der Waals surface area contributed by atoms with Gasteiger partial charge in [-0.15, -0.1) is 23.1 Å². The Bertz CT molecular complexity index is 3450. The Morgan fingerprint density at radius 3 is 1.62 bits per heavy atom. The molecular weight excluding hydrogens is 1100 g/mol. The quantitative estimate of drug-likeness (QED) is 0.0705. The summed E-state index contributed by atoms with van der Waals surface area (Å²) in [5, 5.41) is 0. The number of allylic oxidation sites excluding steroid dienone is 1. The van der Waals surface area contributed by atoms with Crippen molar-refractivity contribution in [3.05, 3.63) is 200 Å². The molecule has 14 rings (SSSR count). The number of aromatic nitrogens is 2. The molecule has 3 aromatic heterocycles. The van der Waals surface area contributed by atoms with Crippen molar-refractivity contribution in [1.82, 2.24) is 24.7 Å². The van der Waals surface area contributed by atoms with E-state index >= 15 is 0 Å². The summed E-state index contributed by atoms with van der Waals surface area (Å²) >= 11 is 3.55. The molecular formula is C68H74N8O7S2. The van der Waals surface area contributed by atoms with Gasteiger partial charge in [-0.05, 0) is 122 Å². The van der Waals surface area contributed by atoms with E-state index in [1.54, 1.807) is 54.4 Å². The molecule has 3 fully saturated rings. The highest BCUT2D eigenvalue weighted by atomic mass is 32.2. The van der Waals surface area contributed by atoms with E-state index in [1.807, 2.05) is 58.0 Å². The summed E-state index contributed by atoms with van der Waals surface area (Å²) in [5.41, 5.74) is 29.4. The summed E-state index contributed by atoms with van der Waals surface area (Å²) < 4.78 is 24.4. The average molecular weight is 1180 g/mol. The highest BCUT2D eigenvalue weighted by Crippen LogP contribution is 2.49. The van der Waals surface area contributed by atoms with Gasteiger partial charge in [0.1, 0.15) is 23.0 Å². The monoisotopic (exact) mass is 1180 g/mol. The van der Waals surface area contributed by atoms with Gasteiger partial charge in [0.2, 0.25) is 11.8 Å². The number of carbonyl (C=O) groups excluding carboxylic acids is 3. The first kappa shape index (κ1) is 57.7. The van der Waals surface area contributed by atoms with Crippen molar-refractivity contribution in [2.75, 3.05) is 59.1 Å². The number of nitrogens with zero attached hydrogens (tertiary/aromatic N) is 4. The molecule has 3 amide bonds. The van der Waals surface area contributed by atoms with Crippen molar-refractivity contribution in [3.8, 4) is 17.2 Å². The lowest BCUT2D eigenvalue weighted by Crippen LogP contribution is -2.46. The van der Waals surface area contributed by atoms with Crippen LogP contribution in [-0.2, 0) is 57.6 Å². The number of imidazole rings is 1. The number of nitrogens with one attached hydrogen (secondary N) is 1. The number of benzene rings is 4. The molecule has 4 aromatic carbocycles. The Hall–Kier alpha value is -7.67. The van der Waals surface area contributed by atoms with E-state index in [9.17, 15) is 14.4 Å². The first-order chi connectivity index (χ1) is 41.6. The number of amides is 3. The predicted molar refractivity (Wildman–Crippen MR) is 334 cm³/mol. The number of piperidine rings is 3. The Morgan fingerprint density at radius 1 is 0.624 bits per heavy atom. The zero-order valence-electron chi connectivity index (χ0n) is 48.0. The predicted octanol–water partition coefficient (Wildman–Crippen LogP) is 10.6. The number of hydrogen-bond donors (Lipinski definition) is 4. The molecule has 15 nitrogen and oxygen atoms in total. The van der Waals surface area contributed by atoms with Gasteiger partial charge in [-0.25, -0.2) is 4.98 Å². The minimum atomic E-state index is 0.00556. The van der Waals surface area contributed by atoms with Gasteiger partial charge in [-0.2, -0.15) is 0 Å². The number of likely N-dealkylation sites (tertiary alicyclic amines) is 3. The number of nitrogens with two attached hydrogens (primary N) is 3. The van der Waals surface area contributed by atoms with E-state index in [0.29, 0.717) is 45.2 Å². The fourth-order valence-electron chi connectivity index (χ4n) is 13.0. The third-order valence-corrected chi connectivity index (χ3v) is 20.9. The van der Waals surface area contributed by atoms with Crippen LogP contribution in [0.2, 0.25) is 0 Å². The number of furan rings is 1. The molecule has 3 saturated heterocycles. The van der Waals surface area contributed by atoms with E-state index in [-0.39, 0.29) is 34.0 Å². The summed E-state index contributed by atoms with van der Waals surface area (Å²) in [6, 6.07) is 33.0. The van der Waals surface area contributed by atoms with Crippen LogP contribution in [0.25, 0.3) is 18.2 Å². The molecule has 0 radical (unpaired) electrons. The van der Waals surface area contributed by atoms with Gasteiger partial charge >= 0.3 is 0 Å². The lowest BCUT2D eigenvalue weighted by molar-refractivity contribution is -0.128. The lowest BCUT2D eigenvalue weighted by atomic mass is 9.74. The zero-order valence-corrected chi connectivity index (χ0v) is 49.6. The molecule has 7 aliphatic rings. The Labute approximate surface area is 505 Å². The molecule has 9 heterocycles. The van der Waals surface area contributed by atoms with Gasteiger partial charge in [0.25, 0.3) is 5.91 Å². The Balaban J connectivity index is 0.000000128. The Morgan fingerprint density at radius 2 is 1.14 bits per heavy atom. The van der Waals surface area contributed by atoms with Gasteiger partial charge in [0, 0.05) is 115 Å². The molecule has 6 aliphatic heterocycles. The van der Waals surface area contributed by atoms with Crippen LogP contribution in [0.4, 0.5) is 0 Å². The van der Waals surface area contributed by atoms with Gasteiger partial charge in [-0.1, -0.05) is 78.9 Å². The van der Waals surface area contributed by atoms with Crippen LogP contribution in [-0.4, -0.2) is 101 Å². The van der Waals surface area contributed by atoms with Crippen molar-refractivity contribution in [1.29, 1.82) is 0 Å². The Kier molecular flexibility index (Phi) is 17.3. The number of ether oxygens (including phenoxy) is 3. The fourth-order valence-corrected chi connectivity index (χ4v) is 15.6. The van der Waals surface area contributed by atoms with Gasteiger partial charge in [0.15, 0.2) is 0 Å². The molecule has 3 spiro atoms. The van der Waals surface area contributed by atoms with Crippen molar-refractivity contribution in [2.24, 2.45) is 17.2 Å². The van der Waals surface area contributed by atoms with Gasteiger partial charge in [0.05, 0.1) is 53.4 Å². The van der Waals surface area contributed by atoms with E-state index in [0.717, 1.165) is 141 Å². The molecule has 440 valence electrons. The number of carbonyl (C=O) groups is 3. The summed E-state index contributed by atoms with van der Waals surface area (Å²) in [4.78, 5) is 52.3. The fraction of sp³-hybridized carbons (Fsp3) is 0.353. The van der Waals surface area contributed by atoms with Crippen LogP contribution < -0.4 is 31.4 Å². The first-order valence-electron chi connectivity index (χ1n) is 29.7. The molecule has 1 aliphatic carbocycles.